The molecule has 0 bridgehead atoms. The SMILES string of the molecule is CC(O)CCN(C)S(=O)(=O)C(C)C(N)=S. The average molecular weight is 254 g/mol. The normalized spacial score (nSPS) is 16.3. The smallest absolute Gasteiger partial charge is 0.222 e. The number of aliphatic hydroxyl groups excluding tert-OH is 1. The van der Waals surface area contributed by atoms with Crippen LogP contribution in [-0.2, 0) is 10.0 Å². The summed E-state index contributed by atoms with van der Waals surface area (Å²) in [5, 5.41) is 8.17. The summed E-state index contributed by atoms with van der Waals surface area (Å²) in [5.74, 6) is 0. The Kier molecular flexibility index (Phi) is 5.65. The predicted octanol–water partition coefficient (Wildman–Crippen LogP) is -0.306. The van der Waals surface area contributed by atoms with E-state index in [2.05, 4.69) is 12.2 Å². The number of thiocarbonyl (C=S) groups is 1. The van der Waals surface area contributed by atoms with E-state index in [1.165, 1.54) is 18.3 Å². The highest BCUT2D eigenvalue weighted by Crippen LogP contribution is 2.08. The molecule has 0 radical (unpaired) electrons. The summed E-state index contributed by atoms with van der Waals surface area (Å²) in [5.41, 5.74) is 5.29. The molecule has 0 fully saturated rings. The average Bonchev–Trinajstić information content (AvgIpc) is 2.12. The fourth-order valence-electron chi connectivity index (χ4n) is 0.913. The Labute approximate surface area is 96.3 Å². The second-order valence-electron chi connectivity index (χ2n) is 3.55. The van der Waals surface area contributed by atoms with Crippen LogP contribution in [0.15, 0.2) is 0 Å². The minimum absolute atomic E-state index is 0.0427. The third kappa shape index (κ3) is 4.42. The summed E-state index contributed by atoms with van der Waals surface area (Å²) < 4.78 is 24.7. The zero-order chi connectivity index (χ0) is 12.2. The van der Waals surface area contributed by atoms with Crippen molar-refractivity contribution in [3.8, 4) is 0 Å². The molecule has 2 unspecified atom stereocenters. The van der Waals surface area contributed by atoms with Gasteiger partial charge >= 0.3 is 0 Å². The zero-order valence-electron chi connectivity index (χ0n) is 9.17. The lowest BCUT2D eigenvalue weighted by atomic mass is 10.3. The molecule has 0 rings (SSSR count). The minimum atomic E-state index is -3.48. The third-order valence-electron chi connectivity index (χ3n) is 2.14. The van der Waals surface area contributed by atoms with Gasteiger partial charge in [-0.15, -0.1) is 0 Å². The van der Waals surface area contributed by atoms with Gasteiger partial charge in [-0.05, 0) is 20.3 Å². The maximum Gasteiger partial charge on any atom is 0.222 e. The van der Waals surface area contributed by atoms with Gasteiger partial charge in [-0.1, -0.05) is 12.2 Å². The van der Waals surface area contributed by atoms with E-state index >= 15 is 0 Å². The van der Waals surface area contributed by atoms with Crippen molar-refractivity contribution in [1.29, 1.82) is 0 Å². The highest BCUT2D eigenvalue weighted by Gasteiger charge is 2.27. The highest BCUT2D eigenvalue weighted by molar-refractivity contribution is 7.92. The number of sulfonamides is 1. The van der Waals surface area contributed by atoms with Gasteiger partial charge in [-0.2, -0.15) is 0 Å². The molecule has 0 saturated heterocycles. The van der Waals surface area contributed by atoms with Gasteiger partial charge < -0.3 is 10.8 Å². The van der Waals surface area contributed by atoms with Crippen molar-refractivity contribution in [2.45, 2.75) is 31.6 Å². The summed E-state index contributed by atoms with van der Waals surface area (Å²) in [4.78, 5) is -0.0427. The lowest BCUT2D eigenvalue weighted by molar-refractivity contribution is 0.177. The second kappa shape index (κ2) is 5.74. The Morgan fingerprint density at radius 3 is 2.33 bits per heavy atom. The number of nitrogens with zero attached hydrogens (tertiary/aromatic N) is 1. The fraction of sp³-hybridized carbons (Fsp3) is 0.875. The summed E-state index contributed by atoms with van der Waals surface area (Å²) in [6, 6.07) is 0. The van der Waals surface area contributed by atoms with E-state index in [1.54, 1.807) is 6.92 Å². The molecule has 0 heterocycles. The van der Waals surface area contributed by atoms with Gasteiger partial charge in [0.1, 0.15) is 5.25 Å². The van der Waals surface area contributed by atoms with Crippen LogP contribution in [-0.4, -0.2) is 47.8 Å². The van der Waals surface area contributed by atoms with Gasteiger partial charge in [0.2, 0.25) is 10.0 Å². The monoisotopic (exact) mass is 254 g/mol. The number of nitrogens with two attached hydrogens (primary N) is 1. The van der Waals surface area contributed by atoms with Crippen molar-refractivity contribution in [1.82, 2.24) is 4.31 Å². The summed E-state index contributed by atoms with van der Waals surface area (Å²) in [6.45, 7) is 3.32. The van der Waals surface area contributed by atoms with E-state index in [-0.39, 0.29) is 11.5 Å². The van der Waals surface area contributed by atoms with Crippen molar-refractivity contribution in [3.63, 3.8) is 0 Å². The molecular weight excluding hydrogens is 236 g/mol. The van der Waals surface area contributed by atoms with Gasteiger partial charge in [0.05, 0.1) is 11.1 Å². The van der Waals surface area contributed by atoms with Crippen LogP contribution in [0.3, 0.4) is 0 Å². The summed E-state index contributed by atoms with van der Waals surface area (Å²) >= 11 is 4.64. The third-order valence-corrected chi connectivity index (χ3v) is 4.85. The van der Waals surface area contributed by atoms with Crippen LogP contribution < -0.4 is 5.73 Å². The number of hydrogen-bond donors (Lipinski definition) is 2. The molecule has 0 aliphatic rings. The first-order valence-electron chi connectivity index (χ1n) is 4.62. The first-order chi connectivity index (χ1) is 6.69. The molecule has 0 amide bonds. The molecule has 0 spiro atoms. The molecule has 90 valence electrons. The largest absolute Gasteiger partial charge is 0.393 e. The van der Waals surface area contributed by atoms with Crippen molar-refractivity contribution in [3.05, 3.63) is 0 Å². The quantitative estimate of drug-likeness (QED) is 0.635. The molecule has 0 aliphatic heterocycles. The van der Waals surface area contributed by atoms with E-state index in [0.29, 0.717) is 6.42 Å². The zero-order valence-corrected chi connectivity index (χ0v) is 10.8. The van der Waals surface area contributed by atoms with Crippen LogP contribution in [0.4, 0.5) is 0 Å². The van der Waals surface area contributed by atoms with Gasteiger partial charge in [0, 0.05) is 13.6 Å². The van der Waals surface area contributed by atoms with Gasteiger partial charge in [0.25, 0.3) is 0 Å². The van der Waals surface area contributed by atoms with Crippen LogP contribution in [0.25, 0.3) is 0 Å². The van der Waals surface area contributed by atoms with Crippen LogP contribution in [0.2, 0.25) is 0 Å². The van der Waals surface area contributed by atoms with Crippen LogP contribution >= 0.6 is 12.2 Å². The Balaban J connectivity index is 4.53. The first-order valence-corrected chi connectivity index (χ1v) is 6.53. The molecular formula is C8H18N2O3S2. The Hall–Kier alpha value is -0.240. The lowest BCUT2D eigenvalue weighted by Gasteiger charge is -2.21. The number of hydrogen-bond acceptors (Lipinski definition) is 4. The van der Waals surface area contributed by atoms with E-state index in [9.17, 15) is 8.42 Å². The molecule has 0 aromatic rings. The number of rotatable bonds is 6. The molecule has 7 heteroatoms. The van der Waals surface area contributed by atoms with Crippen LogP contribution in [0.1, 0.15) is 20.3 Å². The predicted molar refractivity (Wildman–Crippen MR) is 64.1 cm³/mol. The van der Waals surface area contributed by atoms with Crippen molar-refractivity contribution < 1.29 is 13.5 Å². The summed E-state index contributed by atoms with van der Waals surface area (Å²) in [6.07, 6.45) is -0.137. The topological polar surface area (TPSA) is 83.6 Å². The van der Waals surface area contributed by atoms with Gasteiger partial charge in [-0.3, -0.25) is 0 Å². The van der Waals surface area contributed by atoms with Crippen LogP contribution in [0, 0.1) is 0 Å². The van der Waals surface area contributed by atoms with Crippen molar-refractivity contribution in [2.75, 3.05) is 13.6 Å². The molecule has 3 N–H and O–H groups in total. The van der Waals surface area contributed by atoms with E-state index < -0.39 is 21.4 Å². The highest BCUT2D eigenvalue weighted by atomic mass is 32.2. The fourth-order valence-corrected chi connectivity index (χ4v) is 2.47. The Morgan fingerprint density at radius 2 is 2.00 bits per heavy atom. The van der Waals surface area contributed by atoms with E-state index in [1.807, 2.05) is 0 Å². The lowest BCUT2D eigenvalue weighted by Crippen LogP contribution is -2.41. The molecule has 0 aromatic heterocycles. The van der Waals surface area contributed by atoms with E-state index in [4.69, 9.17) is 10.8 Å². The first kappa shape index (κ1) is 14.8. The number of aliphatic hydroxyl groups is 1. The van der Waals surface area contributed by atoms with E-state index in [0.717, 1.165) is 0 Å². The maximum absolute atomic E-state index is 11.8. The molecule has 15 heavy (non-hydrogen) atoms. The molecule has 5 nitrogen and oxygen atoms in total. The standard InChI is InChI=1S/C8H18N2O3S2/c1-6(11)4-5-10(3)15(12,13)7(2)8(9)14/h6-7,11H,4-5H2,1-3H3,(H2,9,14). The minimum Gasteiger partial charge on any atom is -0.393 e. The van der Waals surface area contributed by atoms with Crippen molar-refractivity contribution >= 4 is 27.2 Å². The van der Waals surface area contributed by atoms with Crippen LogP contribution in [0.5, 0.6) is 0 Å². The molecule has 0 aromatic carbocycles. The van der Waals surface area contributed by atoms with Crippen molar-refractivity contribution in [2.24, 2.45) is 5.73 Å². The maximum atomic E-state index is 11.8. The van der Waals surface area contributed by atoms with Gasteiger partial charge in [0.15, 0.2) is 0 Å². The molecule has 2 atom stereocenters. The van der Waals surface area contributed by atoms with Gasteiger partial charge in [-0.25, -0.2) is 12.7 Å². The second-order valence-corrected chi connectivity index (χ2v) is 6.38. The Morgan fingerprint density at radius 1 is 1.53 bits per heavy atom. The Bertz CT molecular complexity index is 314. The molecule has 0 saturated carbocycles. The molecule has 0 aliphatic carbocycles. The summed E-state index contributed by atoms with van der Waals surface area (Å²) in [7, 11) is -2.03.